The van der Waals surface area contributed by atoms with Crippen molar-refractivity contribution in [3.05, 3.63) is 146 Å². The minimum atomic E-state index is 0.562. The van der Waals surface area contributed by atoms with Gasteiger partial charge in [0.25, 0.3) is 0 Å². The average molecular weight is 561 g/mol. The standard InChI is InChI=1S/C40H24N4/c1-3-11-25(12-4-1)35-29-15-7-8-16-30(29)36(26-13-5-2-6-14-26)39-32-22-21-27(28-17-9-18-31(37(28)32)38(35)39)33-19-10-20-34(44-33)40-42-23-41-24-43-40/h1-24H. The molecule has 1 aliphatic rings. The zero-order valence-corrected chi connectivity index (χ0v) is 23.6. The molecule has 8 aromatic rings. The summed E-state index contributed by atoms with van der Waals surface area (Å²) in [6, 6.07) is 47.7. The van der Waals surface area contributed by atoms with Gasteiger partial charge in [0.05, 0.1) is 5.69 Å². The van der Waals surface area contributed by atoms with Crippen LogP contribution in [0, 0.1) is 0 Å². The Bertz CT molecular complexity index is 2270. The van der Waals surface area contributed by atoms with Crippen molar-refractivity contribution in [1.82, 2.24) is 19.9 Å². The Labute approximate surface area is 254 Å². The molecule has 2 heterocycles. The lowest BCUT2D eigenvalue weighted by Gasteiger charge is -2.20. The first-order valence-electron chi connectivity index (χ1n) is 14.7. The van der Waals surface area contributed by atoms with Gasteiger partial charge in [-0.2, -0.15) is 0 Å². The van der Waals surface area contributed by atoms with E-state index in [4.69, 9.17) is 4.98 Å². The summed E-state index contributed by atoms with van der Waals surface area (Å²) < 4.78 is 0. The molecule has 0 radical (unpaired) electrons. The zero-order valence-electron chi connectivity index (χ0n) is 23.6. The molecule has 2 aromatic heterocycles. The molecule has 6 aromatic carbocycles. The lowest BCUT2D eigenvalue weighted by molar-refractivity contribution is 1.04. The van der Waals surface area contributed by atoms with Crippen LogP contribution in [0.1, 0.15) is 0 Å². The van der Waals surface area contributed by atoms with Crippen molar-refractivity contribution >= 4 is 21.5 Å². The fourth-order valence-electron chi connectivity index (χ4n) is 6.91. The summed E-state index contributed by atoms with van der Waals surface area (Å²) in [5.41, 5.74) is 12.8. The molecule has 0 unspecified atom stereocenters. The molecule has 9 rings (SSSR count). The van der Waals surface area contributed by atoms with Crippen molar-refractivity contribution in [1.29, 1.82) is 0 Å². The van der Waals surface area contributed by atoms with E-state index in [1.807, 2.05) is 12.1 Å². The van der Waals surface area contributed by atoms with Crippen LogP contribution in [0.4, 0.5) is 0 Å². The van der Waals surface area contributed by atoms with Gasteiger partial charge in [-0.15, -0.1) is 0 Å². The average Bonchev–Trinajstić information content (AvgIpc) is 3.43. The van der Waals surface area contributed by atoms with Gasteiger partial charge in [0.15, 0.2) is 5.82 Å². The Morgan fingerprint density at radius 1 is 0.364 bits per heavy atom. The Morgan fingerprint density at radius 3 is 1.55 bits per heavy atom. The van der Waals surface area contributed by atoms with E-state index in [-0.39, 0.29) is 0 Å². The second-order valence-corrected chi connectivity index (χ2v) is 11.0. The van der Waals surface area contributed by atoms with Gasteiger partial charge in [0.2, 0.25) is 0 Å². The highest BCUT2D eigenvalue weighted by molar-refractivity contribution is 6.28. The van der Waals surface area contributed by atoms with Crippen molar-refractivity contribution in [2.24, 2.45) is 0 Å². The molecular weight excluding hydrogens is 536 g/mol. The maximum absolute atomic E-state index is 5.01. The summed E-state index contributed by atoms with van der Waals surface area (Å²) in [6.07, 6.45) is 3.01. The molecule has 4 nitrogen and oxygen atoms in total. The molecule has 0 N–H and O–H groups in total. The van der Waals surface area contributed by atoms with Gasteiger partial charge >= 0.3 is 0 Å². The van der Waals surface area contributed by atoms with Crippen LogP contribution in [0.3, 0.4) is 0 Å². The first-order valence-corrected chi connectivity index (χ1v) is 14.7. The molecule has 0 spiro atoms. The first kappa shape index (κ1) is 24.6. The lowest BCUT2D eigenvalue weighted by Crippen LogP contribution is -1.94. The van der Waals surface area contributed by atoms with E-state index in [0.29, 0.717) is 5.82 Å². The Hall–Kier alpha value is -6.00. The number of aromatic nitrogens is 4. The maximum atomic E-state index is 5.01. The topological polar surface area (TPSA) is 51.6 Å². The molecule has 0 bridgehead atoms. The van der Waals surface area contributed by atoms with Crippen molar-refractivity contribution in [3.8, 4) is 67.3 Å². The van der Waals surface area contributed by atoms with Crippen molar-refractivity contribution in [3.63, 3.8) is 0 Å². The minimum absolute atomic E-state index is 0.562. The van der Waals surface area contributed by atoms with Crippen LogP contribution in [0.2, 0.25) is 0 Å². The molecule has 4 heteroatoms. The van der Waals surface area contributed by atoms with E-state index >= 15 is 0 Å². The van der Waals surface area contributed by atoms with E-state index < -0.39 is 0 Å². The summed E-state index contributed by atoms with van der Waals surface area (Å²) in [5.74, 6) is 0.562. The normalized spacial score (nSPS) is 11.6. The number of hydrogen-bond acceptors (Lipinski definition) is 4. The summed E-state index contributed by atoms with van der Waals surface area (Å²) in [6.45, 7) is 0. The van der Waals surface area contributed by atoms with Gasteiger partial charge in [-0.05, 0) is 78.2 Å². The summed E-state index contributed by atoms with van der Waals surface area (Å²) >= 11 is 0. The zero-order chi connectivity index (χ0) is 29.0. The van der Waals surface area contributed by atoms with Crippen LogP contribution in [0.5, 0.6) is 0 Å². The number of nitrogens with zero attached hydrogens (tertiary/aromatic N) is 4. The van der Waals surface area contributed by atoms with E-state index in [1.165, 1.54) is 78.7 Å². The molecule has 0 aliphatic heterocycles. The summed E-state index contributed by atoms with van der Waals surface area (Å²) in [4.78, 5) is 17.6. The number of fused-ring (bicyclic) bond motifs is 4. The van der Waals surface area contributed by atoms with E-state index in [0.717, 1.165) is 17.0 Å². The van der Waals surface area contributed by atoms with Crippen LogP contribution in [-0.4, -0.2) is 19.9 Å². The lowest BCUT2D eigenvalue weighted by atomic mass is 9.82. The second-order valence-electron chi connectivity index (χ2n) is 11.0. The molecule has 0 saturated heterocycles. The number of hydrogen-bond donors (Lipinski definition) is 0. The fraction of sp³-hybridized carbons (Fsp3) is 0. The van der Waals surface area contributed by atoms with Gasteiger partial charge in [0.1, 0.15) is 18.3 Å². The third-order valence-corrected chi connectivity index (χ3v) is 8.67. The molecule has 0 fully saturated rings. The van der Waals surface area contributed by atoms with E-state index in [9.17, 15) is 0 Å². The van der Waals surface area contributed by atoms with Crippen molar-refractivity contribution in [2.75, 3.05) is 0 Å². The highest BCUT2D eigenvalue weighted by Gasteiger charge is 2.31. The highest BCUT2D eigenvalue weighted by atomic mass is 15.0. The third kappa shape index (κ3) is 3.64. The minimum Gasteiger partial charge on any atom is -0.244 e. The fourth-order valence-corrected chi connectivity index (χ4v) is 6.91. The number of pyridine rings is 1. The number of rotatable bonds is 4. The molecule has 1 aliphatic carbocycles. The Balaban J connectivity index is 1.39. The SMILES string of the molecule is c1ccc(-c2c3c(c(-c4ccccc4)c4ccccc24)-c2ccc(-c4cccc(-c5ncncn5)n4)c4cccc-3c24)cc1. The quantitative estimate of drug-likeness (QED) is 0.215. The van der Waals surface area contributed by atoms with Gasteiger partial charge < -0.3 is 0 Å². The van der Waals surface area contributed by atoms with Crippen LogP contribution >= 0.6 is 0 Å². The van der Waals surface area contributed by atoms with Gasteiger partial charge in [-0.25, -0.2) is 19.9 Å². The number of benzene rings is 6. The Kier molecular flexibility index (Phi) is 5.47. The van der Waals surface area contributed by atoms with Crippen LogP contribution in [-0.2, 0) is 0 Å². The predicted molar refractivity (Wildman–Crippen MR) is 179 cm³/mol. The molecule has 44 heavy (non-hydrogen) atoms. The van der Waals surface area contributed by atoms with E-state index in [2.05, 4.69) is 136 Å². The molecular formula is C40H24N4. The first-order chi connectivity index (χ1) is 21.9. The second kappa shape index (κ2) is 9.79. The van der Waals surface area contributed by atoms with Gasteiger partial charge in [-0.1, -0.05) is 121 Å². The Morgan fingerprint density at radius 2 is 0.886 bits per heavy atom. The molecule has 204 valence electrons. The smallest absolute Gasteiger partial charge is 0.181 e. The highest BCUT2D eigenvalue weighted by Crippen LogP contribution is 2.58. The molecule has 0 atom stereocenters. The van der Waals surface area contributed by atoms with E-state index in [1.54, 1.807) is 0 Å². The summed E-state index contributed by atoms with van der Waals surface area (Å²) in [5, 5.41) is 4.96. The molecule has 0 amide bonds. The maximum Gasteiger partial charge on any atom is 0.181 e. The molecule has 0 saturated carbocycles. The van der Waals surface area contributed by atoms with Gasteiger partial charge in [-0.3, -0.25) is 0 Å². The third-order valence-electron chi connectivity index (χ3n) is 8.67. The van der Waals surface area contributed by atoms with Crippen molar-refractivity contribution in [2.45, 2.75) is 0 Å². The summed E-state index contributed by atoms with van der Waals surface area (Å²) in [7, 11) is 0. The van der Waals surface area contributed by atoms with Crippen molar-refractivity contribution < 1.29 is 0 Å². The monoisotopic (exact) mass is 560 g/mol. The van der Waals surface area contributed by atoms with Crippen LogP contribution < -0.4 is 0 Å². The van der Waals surface area contributed by atoms with Crippen LogP contribution in [0.25, 0.3) is 88.8 Å². The largest absolute Gasteiger partial charge is 0.244 e. The van der Waals surface area contributed by atoms with Crippen LogP contribution in [0.15, 0.2) is 146 Å². The van der Waals surface area contributed by atoms with Gasteiger partial charge in [0, 0.05) is 5.56 Å². The predicted octanol–water partition coefficient (Wildman–Crippen LogP) is 9.89.